The summed E-state index contributed by atoms with van der Waals surface area (Å²) in [6, 6.07) is 25.4. The normalized spacial score (nSPS) is 15.2. The minimum atomic E-state index is -3.79. The number of carbonyl (C=O) groups is 1. The lowest BCUT2D eigenvalue weighted by atomic mass is 10.1. The molecule has 1 atom stereocenters. The maximum absolute atomic E-state index is 13.1. The molecular formula is C26H29N3O3S. The van der Waals surface area contributed by atoms with Gasteiger partial charge in [-0.25, -0.2) is 8.42 Å². The zero-order valence-electron chi connectivity index (χ0n) is 18.7. The lowest BCUT2D eigenvalue weighted by Gasteiger charge is -2.28. The molecule has 0 spiro atoms. The molecule has 1 fully saturated rings. The Balaban J connectivity index is 1.50. The Hall–Kier alpha value is -3.16. The Kier molecular flexibility index (Phi) is 7.11. The highest BCUT2D eigenvalue weighted by Crippen LogP contribution is 2.25. The van der Waals surface area contributed by atoms with E-state index in [4.69, 9.17) is 0 Å². The molecule has 1 heterocycles. The first-order valence-electron chi connectivity index (χ1n) is 11.2. The minimum Gasteiger partial charge on any atom is -0.350 e. The highest BCUT2D eigenvalue weighted by molar-refractivity contribution is 7.92. The van der Waals surface area contributed by atoms with Crippen LogP contribution in [0.5, 0.6) is 0 Å². The third-order valence-corrected chi connectivity index (χ3v) is 7.88. The molecular weight excluding hydrogens is 434 g/mol. The Morgan fingerprint density at radius 3 is 2.24 bits per heavy atom. The number of rotatable bonds is 8. The average Bonchev–Trinajstić information content (AvgIpc) is 3.39. The van der Waals surface area contributed by atoms with Gasteiger partial charge in [-0.15, -0.1) is 0 Å². The number of hydrogen-bond acceptors (Lipinski definition) is 4. The van der Waals surface area contributed by atoms with Gasteiger partial charge in [-0.1, -0.05) is 54.6 Å². The van der Waals surface area contributed by atoms with Crippen LogP contribution in [0.4, 0.5) is 5.69 Å². The molecule has 33 heavy (non-hydrogen) atoms. The number of para-hydroxylation sites is 1. The van der Waals surface area contributed by atoms with Gasteiger partial charge < -0.3 is 5.32 Å². The Labute approximate surface area is 195 Å². The van der Waals surface area contributed by atoms with Gasteiger partial charge in [0.15, 0.2) is 0 Å². The number of anilines is 1. The SMILES string of the molecule is CN(c1ccccc1)S(=O)(=O)c1cccc(C(=O)NCC(c2ccccc2)N2CCCC2)c1. The molecule has 1 unspecified atom stereocenters. The third kappa shape index (κ3) is 5.26. The number of sulfonamides is 1. The van der Waals surface area contributed by atoms with Gasteiger partial charge in [0.25, 0.3) is 15.9 Å². The minimum absolute atomic E-state index is 0.0839. The van der Waals surface area contributed by atoms with Crippen molar-refractivity contribution in [3.8, 4) is 0 Å². The van der Waals surface area contributed by atoms with Crippen molar-refractivity contribution >= 4 is 21.6 Å². The van der Waals surface area contributed by atoms with Crippen LogP contribution in [0.1, 0.15) is 34.8 Å². The molecule has 0 aromatic heterocycles. The second-order valence-corrected chi connectivity index (χ2v) is 10.2. The first-order valence-corrected chi connectivity index (χ1v) is 12.6. The van der Waals surface area contributed by atoms with Crippen molar-refractivity contribution in [2.75, 3.05) is 31.0 Å². The number of hydrogen-bond donors (Lipinski definition) is 1. The maximum Gasteiger partial charge on any atom is 0.264 e. The summed E-state index contributed by atoms with van der Waals surface area (Å²) in [4.78, 5) is 15.5. The molecule has 3 aromatic carbocycles. The molecule has 172 valence electrons. The van der Waals surface area contributed by atoms with E-state index in [1.165, 1.54) is 29.0 Å². The second-order valence-electron chi connectivity index (χ2n) is 8.22. The van der Waals surface area contributed by atoms with Crippen molar-refractivity contribution in [2.24, 2.45) is 0 Å². The lowest BCUT2D eigenvalue weighted by molar-refractivity contribution is 0.0937. The molecule has 4 rings (SSSR count). The molecule has 1 aliphatic rings. The number of nitrogens with one attached hydrogen (secondary N) is 1. The van der Waals surface area contributed by atoms with Crippen LogP contribution in [-0.2, 0) is 10.0 Å². The van der Waals surface area contributed by atoms with Gasteiger partial charge in [0.2, 0.25) is 0 Å². The van der Waals surface area contributed by atoms with E-state index in [0.717, 1.165) is 25.9 Å². The summed E-state index contributed by atoms with van der Waals surface area (Å²) >= 11 is 0. The summed E-state index contributed by atoms with van der Waals surface area (Å²) in [6.45, 7) is 2.48. The van der Waals surface area contributed by atoms with Gasteiger partial charge in [-0.2, -0.15) is 0 Å². The largest absolute Gasteiger partial charge is 0.350 e. The highest BCUT2D eigenvalue weighted by atomic mass is 32.2. The number of nitrogens with zero attached hydrogens (tertiary/aromatic N) is 2. The van der Waals surface area contributed by atoms with E-state index in [1.54, 1.807) is 36.4 Å². The summed E-state index contributed by atoms with van der Waals surface area (Å²) in [7, 11) is -2.28. The zero-order chi connectivity index (χ0) is 23.3. The van der Waals surface area contributed by atoms with Crippen molar-refractivity contribution in [3.05, 3.63) is 96.1 Å². The smallest absolute Gasteiger partial charge is 0.264 e. The van der Waals surface area contributed by atoms with E-state index in [0.29, 0.717) is 17.8 Å². The Morgan fingerprint density at radius 2 is 1.58 bits per heavy atom. The van der Waals surface area contributed by atoms with Crippen LogP contribution in [0.25, 0.3) is 0 Å². The fourth-order valence-corrected chi connectivity index (χ4v) is 5.45. The van der Waals surface area contributed by atoms with Crippen LogP contribution in [0.15, 0.2) is 89.8 Å². The second kappa shape index (κ2) is 10.2. The molecule has 3 aromatic rings. The van der Waals surface area contributed by atoms with Gasteiger partial charge in [-0.3, -0.25) is 14.0 Å². The standard InChI is InChI=1S/C26H29N3O3S/c1-28(23-14-6-3-7-15-23)33(31,32)24-16-10-13-22(19-24)26(30)27-20-25(29-17-8-9-18-29)21-11-4-2-5-12-21/h2-7,10-16,19,25H,8-9,17-18,20H2,1H3,(H,27,30). The first-order chi connectivity index (χ1) is 16.0. The fraction of sp³-hybridized carbons (Fsp3) is 0.269. The van der Waals surface area contributed by atoms with Gasteiger partial charge in [-0.05, 0) is 61.8 Å². The average molecular weight is 464 g/mol. The van der Waals surface area contributed by atoms with Crippen LogP contribution >= 0.6 is 0 Å². The molecule has 0 saturated carbocycles. The Morgan fingerprint density at radius 1 is 0.939 bits per heavy atom. The van der Waals surface area contributed by atoms with E-state index in [1.807, 2.05) is 24.3 Å². The quantitative estimate of drug-likeness (QED) is 0.547. The van der Waals surface area contributed by atoms with E-state index >= 15 is 0 Å². The molecule has 1 saturated heterocycles. The van der Waals surface area contributed by atoms with Crippen molar-refractivity contribution in [1.29, 1.82) is 0 Å². The molecule has 7 heteroatoms. The molecule has 0 aliphatic carbocycles. The summed E-state index contributed by atoms with van der Waals surface area (Å²) in [5, 5.41) is 3.02. The van der Waals surface area contributed by atoms with Crippen molar-refractivity contribution < 1.29 is 13.2 Å². The number of benzene rings is 3. The summed E-state index contributed by atoms with van der Waals surface area (Å²) in [5.74, 6) is -0.283. The predicted octanol–water partition coefficient (Wildman–Crippen LogP) is 4.08. The van der Waals surface area contributed by atoms with Gasteiger partial charge >= 0.3 is 0 Å². The topological polar surface area (TPSA) is 69.7 Å². The third-order valence-electron chi connectivity index (χ3n) is 6.10. The first kappa shape index (κ1) is 23.0. The summed E-state index contributed by atoms with van der Waals surface area (Å²) in [5.41, 5.74) is 2.05. The molecule has 1 aliphatic heterocycles. The van der Waals surface area contributed by atoms with E-state index in [-0.39, 0.29) is 16.8 Å². The molecule has 1 N–H and O–H groups in total. The monoisotopic (exact) mass is 463 g/mol. The number of amides is 1. The van der Waals surface area contributed by atoms with Crippen molar-refractivity contribution in [3.63, 3.8) is 0 Å². The highest BCUT2D eigenvalue weighted by Gasteiger charge is 2.25. The van der Waals surface area contributed by atoms with Gasteiger partial charge in [0.1, 0.15) is 0 Å². The number of carbonyl (C=O) groups excluding carboxylic acids is 1. The van der Waals surface area contributed by atoms with Crippen molar-refractivity contribution in [2.45, 2.75) is 23.8 Å². The van der Waals surface area contributed by atoms with Gasteiger partial charge in [0.05, 0.1) is 16.6 Å². The van der Waals surface area contributed by atoms with Crippen molar-refractivity contribution in [1.82, 2.24) is 10.2 Å². The van der Waals surface area contributed by atoms with Crippen LogP contribution in [0.3, 0.4) is 0 Å². The number of likely N-dealkylation sites (tertiary alicyclic amines) is 1. The van der Waals surface area contributed by atoms with Crippen LogP contribution in [-0.4, -0.2) is 45.9 Å². The van der Waals surface area contributed by atoms with E-state index in [2.05, 4.69) is 22.3 Å². The molecule has 6 nitrogen and oxygen atoms in total. The molecule has 1 amide bonds. The predicted molar refractivity (Wildman–Crippen MR) is 131 cm³/mol. The van der Waals surface area contributed by atoms with E-state index in [9.17, 15) is 13.2 Å². The molecule has 0 radical (unpaired) electrons. The lowest BCUT2D eigenvalue weighted by Crippen LogP contribution is -2.36. The fourth-order valence-electron chi connectivity index (χ4n) is 4.21. The van der Waals surface area contributed by atoms with Gasteiger partial charge in [0, 0.05) is 19.2 Å². The summed E-state index contributed by atoms with van der Waals surface area (Å²) in [6.07, 6.45) is 2.32. The summed E-state index contributed by atoms with van der Waals surface area (Å²) < 4.78 is 27.5. The Bertz CT molecular complexity index is 1180. The van der Waals surface area contributed by atoms with Crippen LogP contribution in [0.2, 0.25) is 0 Å². The maximum atomic E-state index is 13.1. The van der Waals surface area contributed by atoms with Crippen LogP contribution < -0.4 is 9.62 Å². The van der Waals surface area contributed by atoms with Crippen LogP contribution in [0, 0.1) is 0 Å². The molecule has 0 bridgehead atoms. The zero-order valence-corrected chi connectivity index (χ0v) is 19.5. The van der Waals surface area contributed by atoms with E-state index < -0.39 is 10.0 Å².